The SMILES string of the molecule is CCc1ccc2c(c1)CCN(CCN)C2. The van der Waals surface area contributed by atoms with E-state index in [0.717, 1.165) is 32.6 Å². The second-order valence-electron chi connectivity index (χ2n) is 4.27. The molecule has 0 fully saturated rings. The summed E-state index contributed by atoms with van der Waals surface area (Å²) in [5.74, 6) is 0. The number of rotatable bonds is 3. The van der Waals surface area contributed by atoms with E-state index in [0.29, 0.717) is 0 Å². The summed E-state index contributed by atoms with van der Waals surface area (Å²) < 4.78 is 0. The lowest BCUT2D eigenvalue weighted by atomic mass is 9.96. The molecule has 0 bridgehead atoms. The monoisotopic (exact) mass is 204 g/mol. The summed E-state index contributed by atoms with van der Waals surface area (Å²) in [6, 6.07) is 6.91. The fourth-order valence-electron chi connectivity index (χ4n) is 2.26. The number of fused-ring (bicyclic) bond motifs is 1. The molecule has 2 nitrogen and oxygen atoms in total. The average Bonchev–Trinajstić information content (AvgIpc) is 2.29. The molecule has 0 unspecified atom stereocenters. The Bertz CT molecular complexity index is 333. The van der Waals surface area contributed by atoms with Crippen molar-refractivity contribution < 1.29 is 0 Å². The summed E-state index contributed by atoms with van der Waals surface area (Å²) >= 11 is 0. The number of nitrogens with zero attached hydrogens (tertiary/aromatic N) is 1. The fraction of sp³-hybridized carbons (Fsp3) is 0.538. The van der Waals surface area contributed by atoms with Gasteiger partial charge in [0.25, 0.3) is 0 Å². The largest absolute Gasteiger partial charge is 0.329 e. The van der Waals surface area contributed by atoms with Crippen molar-refractivity contribution in [1.82, 2.24) is 4.90 Å². The van der Waals surface area contributed by atoms with E-state index in [1.54, 1.807) is 5.56 Å². The van der Waals surface area contributed by atoms with Crippen LogP contribution in [0.25, 0.3) is 0 Å². The first-order chi connectivity index (χ1) is 7.33. The number of hydrogen-bond donors (Lipinski definition) is 1. The van der Waals surface area contributed by atoms with Crippen molar-refractivity contribution in [2.75, 3.05) is 19.6 Å². The first-order valence-electron chi connectivity index (χ1n) is 5.86. The molecule has 1 aliphatic heterocycles. The van der Waals surface area contributed by atoms with Crippen LogP contribution in [0.2, 0.25) is 0 Å². The molecular weight excluding hydrogens is 184 g/mol. The zero-order chi connectivity index (χ0) is 10.7. The van der Waals surface area contributed by atoms with E-state index in [1.807, 2.05) is 0 Å². The minimum atomic E-state index is 0.766. The van der Waals surface area contributed by atoms with Gasteiger partial charge in [0, 0.05) is 26.2 Å². The van der Waals surface area contributed by atoms with Gasteiger partial charge in [-0.05, 0) is 29.5 Å². The summed E-state index contributed by atoms with van der Waals surface area (Å²) in [4.78, 5) is 2.44. The highest BCUT2D eigenvalue weighted by Crippen LogP contribution is 2.20. The lowest BCUT2D eigenvalue weighted by Crippen LogP contribution is -2.34. The number of nitrogens with two attached hydrogens (primary N) is 1. The van der Waals surface area contributed by atoms with Crippen molar-refractivity contribution in [3.8, 4) is 0 Å². The van der Waals surface area contributed by atoms with Crippen molar-refractivity contribution in [3.63, 3.8) is 0 Å². The Hall–Kier alpha value is -0.860. The Kier molecular flexibility index (Phi) is 3.39. The van der Waals surface area contributed by atoms with Crippen LogP contribution in [0.15, 0.2) is 18.2 Å². The quantitative estimate of drug-likeness (QED) is 0.809. The highest BCUT2D eigenvalue weighted by Gasteiger charge is 2.15. The molecule has 0 atom stereocenters. The standard InChI is InChI=1S/C13H20N2/c1-2-11-3-4-13-10-15(8-6-14)7-5-12(13)9-11/h3-4,9H,2,5-8,10,14H2,1H3. The van der Waals surface area contributed by atoms with Gasteiger partial charge < -0.3 is 5.73 Å². The molecule has 2 N–H and O–H groups in total. The molecule has 2 rings (SSSR count). The number of aryl methyl sites for hydroxylation is 1. The minimum absolute atomic E-state index is 0.766. The molecule has 0 radical (unpaired) electrons. The molecule has 0 aromatic heterocycles. The second kappa shape index (κ2) is 4.77. The van der Waals surface area contributed by atoms with Crippen LogP contribution in [0.4, 0.5) is 0 Å². The van der Waals surface area contributed by atoms with Crippen LogP contribution in [0.3, 0.4) is 0 Å². The zero-order valence-corrected chi connectivity index (χ0v) is 9.50. The molecule has 1 aromatic carbocycles. The first-order valence-corrected chi connectivity index (χ1v) is 5.86. The topological polar surface area (TPSA) is 29.3 Å². The molecule has 0 spiro atoms. The van der Waals surface area contributed by atoms with Crippen molar-refractivity contribution in [3.05, 3.63) is 34.9 Å². The Morgan fingerprint density at radius 3 is 2.93 bits per heavy atom. The van der Waals surface area contributed by atoms with E-state index in [1.165, 1.54) is 17.5 Å². The molecule has 1 aliphatic rings. The smallest absolute Gasteiger partial charge is 0.0237 e. The first kappa shape index (κ1) is 10.7. The zero-order valence-electron chi connectivity index (χ0n) is 9.50. The van der Waals surface area contributed by atoms with Crippen LogP contribution >= 0.6 is 0 Å². The molecule has 82 valence electrons. The summed E-state index contributed by atoms with van der Waals surface area (Å²) in [5, 5.41) is 0. The molecular formula is C13H20N2. The highest BCUT2D eigenvalue weighted by atomic mass is 15.1. The maximum absolute atomic E-state index is 5.58. The van der Waals surface area contributed by atoms with E-state index >= 15 is 0 Å². The maximum Gasteiger partial charge on any atom is 0.0237 e. The lowest BCUT2D eigenvalue weighted by molar-refractivity contribution is 0.261. The second-order valence-corrected chi connectivity index (χ2v) is 4.27. The van der Waals surface area contributed by atoms with Crippen molar-refractivity contribution >= 4 is 0 Å². The van der Waals surface area contributed by atoms with Crippen LogP contribution < -0.4 is 5.73 Å². The Morgan fingerprint density at radius 2 is 2.20 bits per heavy atom. The average molecular weight is 204 g/mol. The van der Waals surface area contributed by atoms with E-state index in [9.17, 15) is 0 Å². The minimum Gasteiger partial charge on any atom is -0.329 e. The molecule has 0 amide bonds. The van der Waals surface area contributed by atoms with E-state index in [4.69, 9.17) is 5.73 Å². The molecule has 0 saturated carbocycles. The van der Waals surface area contributed by atoms with Gasteiger partial charge in [0.2, 0.25) is 0 Å². The van der Waals surface area contributed by atoms with Gasteiger partial charge in [-0.3, -0.25) is 4.90 Å². The van der Waals surface area contributed by atoms with Crippen molar-refractivity contribution in [2.24, 2.45) is 5.73 Å². The number of hydrogen-bond acceptors (Lipinski definition) is 2. The van der Waals surface area contributed by atoms with Gasteiger partial charge in [-0.1, -0.05) is 25.1 Å². The van der Waals surface area contributed by atoms with Gasteiger partial charge in [-0.2, -0.15) is 0 Å². The molecule has 0 saturated heterocycles. The predicted octanol–water partition coefficient (Wildman–Crippen LogP) is 1.57. The summed E-state index contributed by atoms with van der Waals surface area (Å²) in [7, 11) is 0. The summed E-state index contributed by atoms with van der Waals surface area (Å²) in [5.41, 5.74) is 10.1. The maximum atomic E-state index is 5.58. The summed E-state index contributed by atoms with van der Waals surface area (Å²) in [6.45, 7) is 6.25. The third-order valence-electron chi connectivity index (χ3n) is 3.22. The van der Waals surface area contributed by atoms with E-state index in [2.05, 4.69) is 30.0 Å². The van der Waals surface area contributed by atoms with Gasteiger partial charge in [0.15, 0.2) is 0 Å². The van der Waals surface area contributed by atoms with Crippen LogP contribution in [-0.4, -0.2) is 24.5 Å². The third kappa shape index (κ3) is 2.39. The van der Waals surface area contributed by atoms with E-state index in [-0.39, 0.29) is 0 Å². The van der Waals surface area contributed by atoms with Gasteiger partial charge in [-0.25, -0.2) is 0 Å². The van der Waals surface area contributed by atoms with Crippen LogP contribution in [0.1, 0.15) is 23.6 Å². The normalized spacial score (nSPS) is 16.4. The van der Waals surface area contributed by atoms with Crippen molar-refractivity contribution in [1.29, 1.82) is 0 Å². The van der Waals surface area contributed by atoms with Crippen LogP contribution in [0.5, 0.6) is 0 Å². The lowest BCUT2D eigenvalue weighted by Gasteiger charge is -2.28. The van der Waals surface area contributed by atoms with Gasteiger partial charge in [-0.15, -0.1) is 0 Å². The van der Waals surface area contributed by atoms with Crippen LogP contribution in [0, 0.1) is 0 Å². The fourth-order valence-corrected chi connectivity index (χ4v) is 2.26. The summed E-state index contributed by atoms with van der Waals surface area (Å²) in [6.07, 6.45) is 2.32. The Morgan fingerprint density at radius 1 is 1.33 bits per heavy atom. The Balaban J connectivity index is 2.13. The molecule has 2 heteroatoms. The van der Waals surface area contributed by atoms with Crippen LogP contribution in [-0.2, 0) is 19.4 Å². The predicted molar refractivity (Wildman–Crippen MR) is 63.9 cm³/mol. The van der Waals surface area contributed by atoms with E-state index < -0.39 is 0 Å². The molecule has 1 heterocycles. The Labute approximate surface area is 92.1 Å². The van der Waals surface area contributed by atoms with Crippen molar-refractivity contribution in [2.45, 2.75) is 26.3 Å². The molecule has 1 aromatic rings. The molecule has 0 aliphatic carbocycles. The van der Waals surface area contributed by atoms with Gasteiger partial charge in [0.1, 0.15) is 0 Å². The van der Waals surface area contributed by atoms with Gasteiger partial charge >= 0.3 is 0 Å². The third-order valence-corrected chi connectivity index (χ3v) is 3.22. The highest BCUT2D eigenvalue weighted by molar-refractivity contribution is 5.33. The van der Waals surface area contributed by atoms with Gasteiger partial charge in [0.05, 0.1) is 0 Å². The number of benzene rings is 1. The molecule has 15 heavy (non-hydrogen) atoms.